The van der Waals surface area contributed by atoms with Gasteiger partial charge in [0, 0.05) is 12.7 Å². The van der Waals surface area contributed by atoms with Crippen LogP contribution in [0, 0.1) is 6.92 Å². The zero-order chi connectivity index (χ0) is 16.8. The highest BCUT2D eigenvalue weighted by atomic mass is 32.1. The van der Waals surface area contributed by atoms with Crippen LogP contribution in [0.2, 0.25) is 0 Å². The fourth-order valence-electron chi connectivity index (χ4n) is 3.32. The lowest BCUT2D eigenvalue weighted by Gasteiger charge is -2.10. The highest BCUT2D eigenvalue weighted by Crippen LogP contribution is 2.32. The second kappa shape index (κ2) is 5.53. The van der Waals surface area contributed by atoms with Gasteiger partial charge in [-0.05, 0) is 30.7 Å². The van der Waals surface area contributed by atoms with Crippen LogP contribution in [0.3, 0.4) is 0 Å². The van der Waals surface area contributed by atoms with Crippen LogP contribution >= 0.6 is 11.3 Å². The molecule has 0 aliphatic rings. The lowest BCUT2D eigenvalue weighted by atomic mass is 10.2. The number of aryl methyl sites for hydroxylation is 1. The molecule has 5 rings (SSSR count). The summed E-state index contributed by atoms with van der Waals surface area (Å²) >= 11 is 1.66. The van der Waals surface area contributed by atoms with E-state index < -0.39 is 0 Å². The average Bonchev–Trinajstić information content (AvgIpc) is 3.35. The predicted octanol–water partition coefficient (Wildman–Crippen LogP) is 4.16. The van der Waals surface area contributed by atoms with E-state index in [1.165, 1.54) is 16.8 Å². The summed E-state index contributed by atoms with van der Waals surface area (Å²) in [5.41, 5.74) is 7.48. The van der Waals surface area contributed by atoms with Gasteiger partial charge in [0.25, 0.3) is 0 Å². The molecule has 0 saturated heterocycles. The minimum absolute atomic E-state index is 0.810. The highest BCUT2D eigenvalue weighted by Gasteiger charge is 2.16. The lowest BCUT2D eigenvalue weighted by molar-refractivity contribution is 0.845. The van der Waals surface area contributed by atoms with Gasteiger partial charge >= 0.3 is 0 Å². The number of aromatic nitrogens is 5. The molecule has 0 atom stereocenters. The van der Waals surface area contributed by atoms with E-state index in [-0.39, 0.29) is 0 Å². The molecule has 0 saturated carbocycles. The molecule has 0 amide bonds. The Hall–Kier alpha value is -2.99. The molecule has 0 aliphatic heterocycles. The summed E-state index contributed by atoms with van der Waals surface area (Å²) in [7, 11) is 0. The molecule has 5 nitrogen and oxygen atoms in total. The zero-order valence-electron chi connectivity index (χ0n) is 13.6. The number of fused-ring (bicyclic) bond motifs is 3. The smallest absolute Gasteiger partial charge is 0.161 e. The van der Waals surface area contributed by atoms with Gasteiger partial charge in [-0.1, -0.05) is 30.3 Å². The fraction of sp³-hybridized carbons (Fsp3) is 0.105. The molecule has 25 heavy (non-hydrogen) atoms. The molecule has 4 heterocycles. The molecule has 0 radical (unpaired) electrons. The summed E-state index contributed by atoms with van der Waals surface area (Å²) in [6, 6.07) is 16.9. The molecule has 1 aromatic carbocycles. The minimum atomic E-state index is 0.810. The van der Waals surface area contributed by atoms with Crippen LogP contribution in [-0.4, -0.2) is 24.1 Å². The van der Waals surface area contributed by atoms with E-state index in [1.807, 2.05) is 30.8 Å². The van der Waals surface area contributed by atoms with Gasteiger partial charge in [-0.3, -0.25) is 9.38 Å². The van der Waals surface area contributed by atoms with Gasteiger partial charge in [0.05, 0.1) is 27.1 Å². The summed E-state index contributed by atoms with van der Waals surface area (Å²) in [6.45, 7) is 2.80. The van der Waals surface area contributed by atoms with Crippen molar-refractivity contribution in [1.29, 1.82) is 0 Å². The normalized spacial score (nSPS) is 11.6. The summed E-state index contributed by atoms with van der Waals surface area (Å²) in [4.78, 5) is 5.42. The molecule has 4 aromatic heterocycles. The third-order valence-corrected chi connectivity index (χ3v) is 5.26. The maximum atomic E-state index is 4.26. The Morgan fingerprint density at radius 2 is 1.88 bits per heavy atom. The third-order valence-electron chi connectivity index (χ3n) is 4.47. The number of rotatable bonds is 3. The Bertz CT molecular complexity index is 1170. The Balaban J connectivity index is 1.82. The number of hydrogen-bond acceptors (Lipinski definition) is 4. The monoisotopic (exact) mass is 345 g/mol. The van der Waals surface area contributed by atoms with Gasteiger partial charge in [0.15, 0.2) is 5.65 Å². The number of nitrogens with zero attached hydrogens (tertiary/aromatic N) is 5. The van der Waals surface area contributed by atoms with E-state index in [9.17, 15) is 0 Å². The Morgan fingerprint density at radius 1 is 1.00 bits per heavy atom. The molecular weight excluding hydrogens is 330 g/mol. The molecule has 0 spiro atoms. The summed E-state index contributed by atoms with van der Waals surface area (Å²) < 4.78 is 4.46. The average molecular weight is 345 g/mol. The molecule has 5 aromatic rings. The lowest BCUT2D eigenvalue weighted by Crippen LogP contribution is -2.01. The molecule has 0 aliphatic carbocycles. The van der Waals surface area contributed by atoms with Gasteiger partial charge in [-0.25, -0.2) is 0 Å². The van der Waals surface area contributed by atoms with Crippen molar-refractivity contribution in [1.82, 2.24) is 24.1 Å². The molecule has 0 N–H and O–H groups in total. The molecule has 6 heteroatoms. The first-order valence-corrected chi connectivity index (χ1v) is 8.96. The van der Waals surface area contributed by atoms with Crippen LogP contribution in [0.5, 0.6) is 0 Å². The van der Waals surface area contributed by atoms with E-state index in [0.717, 1.165) is 28.4 Å². The summed E-state index contributed by atoms with van der Waals surface area (Å²) in [6.07, 6.45) is 1.93. The van der Waals surface area contributed by atoms with Crippen molar-refractivity contribution in [3.05, 3.63) is 71.6 Å². The topological polar surface area (TPSA) is 48.0 Å². The second-order valence-corrected chi connectivity index (χ2v) is 6.90. The maximum Gasteiger partial charge on any atom is 0.161 e. The van der Waals surface area contributed by atoms with E-state index in [4.69, 9.17) is 0 Å². The summed E-state index contributed by atoms with van der Waals surface area (Å²) in [5.74, 6) is 0.897. The van der Waals surface area contributed by atoms with Gasteiger partial charge < -0.3 is 4.57 Å². The SMILES string of the molecule is Cc1nnc2ccc3c(cc(-c4cncs4)n3Cc3ccccc3)n12. The van der Waals surface area contributed by atoms with Crippen LogP contribution in [0.1, 0.15) is 11.4 Å². The van der Waals surface area contributed by atoms with Crippen LogP contribution in [0.25, 0.3) is 27.3 Å². The number of hydrogen-bond donors (Lipinski definition) is 0. The molecule has 0 bridgehead atoms. The molecule has 0 fully saturated rings. The minimum Gasteiger partial charge on any atom is -0.334 e. The fourth-order valence-corrected chi connectivity index (χ4v) is 3.97. The molecular formula is C19H15N5S. The van der Waals surface area contributed by atoms with Crippen molar-refractivity contribution in [2.24, 2.45) is 0 Å². The van der Waals surface area contributed by atoms with Crippen LogP contribution < -0.4 is 0 Å². The van der Waals surface area contributed by atoms with Crippen LogP contribution in [0.4, 0.5) is 0 Å². The summed E-state index contributed by atoms with van der Waals surface area (Å²) in [5, 5.41) is 8.47. The zero-order valence-corrected chi connectivity index (χ0v) is 14.4. The largest absolute Gasteiger partial charge is 0.334 e. The van der Waals surface area contributed by atoms with Crippen LogP contribution in [-0.2, 0) is 6.54 Å². The second-order valence-electron chi connectivity index (χ2n) is 6.01. The standard InChI is InChI=1S/C19H15N5S/c1-13-21-22-19-8-7-15-16(24(13)19)9-17(18-10-20-12-25-18)23(15)11-14-5-3-2-4-6-14/h2-10,12H,11H2,1H3. The highest BCUT2D eigenvalue weighted by molar-refractivity contribution is 7.13. The van der Waals surface area contributed by atoms with Crippen molar-refractivity contribution in [3.8, 4) is 10.6 Å². The van der Waals surface area contributed by atoms with Crippen molar-refractivity contribution in [2.45, 2.75) is 13.5 Å². The number of benzene rings is 1. The van der Waals surface area contributed by atoms with E-state index in [0.29, 0.717) is 0 Å². The Labute approximate surface area is 148 Å². The first-order chi connectivity index (χ1) is 12.3. The number of pyridine rings is 1. The van der Waals surface area contributed by atoms with Gasteiger partial charge in [-0.15, -0.1) is 21.5 Å². The van der Waals surface area contributed by atoms with Gasteiger partial charge in [0.1, 0.15) is 5.82 Å². The Kier molecular flexibility index (Phi) is 3.18. The molecule has 122 valence electrons. The van der Waals surface area contributed by atoms with Crippen molar-refractivity contribution in [2.75, 3.05) is 0 Å². The number of thiazole rings is 1. The van der Waals surface area contributed by atoms with Crippen molar-refractivity contribution < 1.29 is 0 Å². The van der Waals surface area contributed by atoms with Crippen molar-refractivity contribution >= 4 is 28.0 Å². The predicted molar refractivity (Wildman–Crippen MR) is 99.9 cm³/mol. The van der Waals surface area contributed by atoms with E-state index in [1.54, 1.807) is 11.3 Å². The van der Waals surface area contributed by atoms with Gasteiger partial charge in [-0.2, -0.15) is 0 Å². The van der Waals surface area contributed by atoms with E-state index in [2.05, 4.69) is 60.5 Å². The van der Waals surface area contributed by atoms with Crippen molar-refractivity contribution in [3.63, 3.8) is 0 Å². The van der Waals surface area contributed by atoms with Crippen LogP contribution in [0.15, 0.2) is 60.2 Å². The van der Waals surface area contributed by atoms with E-state index >= 15 is 0 Å². The maximum absolute atomic E-state index is 4.26. The molecule has 0 unspecified atom stereocenters. The Morgan fingerprint density at radius 3 is 2.68 bits per heavy atom. The third kappa shape index (κ3) is 2.26. The van der Waals surface area contributed by atoms with Gasteiger partial charge in [0.2, 0.25) is 0 Å². The quantitative estimate of drug-likeness (QED) is 0.493. The first kappa shape index (κ1) is 14.4. The first-order valence-electron chi connectivity index (χ1n) is 8.08.